The van der Waals surface area contributed by atoms with Crippen LogP contribution in [0.4, 0.5) is 0 Å². The van der Waals surface area contributed by atoms with Crippen LogP contribution < -0.4 is 5.73 Å². The van der Waals surface area contributed by atoms with Crippen LogP contribution in [0.25, 0.3) is 0 Å². The topological polar surface area (TPSA) is 49.5 Å². The lowest BCUT2D eigenvalue weighted by molar-refractivity contribution is 0.178. The van der Waals surface area contributed by atoms with Gasteiger partial charge in [-0.1, -0.05) is 26.3 Å². The number of phenols is 1. The first-order chi connectivity index (χ1) is 10.9. The normalized spacial score (nSPS) is 28.1. The Kier molecular flexibility index (Phi) is 4.45. The average molecular weight is 316 g/mol. The van der Waals surface area contributed by atoms with Gasteiger partial charge in [0.2, 0.25) is 0 Å². The van der Waals surface area contributed by atoms with Crippen molar-refractivity contribution in [1.82, 2.24) is 4.90 Å². The molecule has 3 N–H and O–H groups in total. The van der Waals surface area contributed by atoms with Crippen LogP contribution in [0.3, 0.4) is 0 Å². The summed E-state index contributed by atoms with van der Waals surface area (Å²) in [4.78, 5) is 2.45. The first-order valence-electron chi connectivity index (χ1n) is 9.22. The predicted octanol–water partition coefficient (Wildman–Crippen LogP) is 3.44. The van der Waals surface area contributed by atoms with Gasteiger partial charge in [0, 0.05) is 18.6 Å². The molecular formula is C20H32N2O. The lowest BCUT2D eigenvalue weighted by Gasteiger charge is -2.38. The molecule has 3 rings (SSSR count). The Morgan fingerprint density at radius 2 is 2.04 bits per heavy atom. The van der Waals surface area contributed by atoms with E-state index >= 15 is 0 Å². The third kappa shape index (κ3) is 3.14. The molecule has 2 aliphatic rings. The van der Waals surface area contributed by atoms with Crippen LogP contribution in [0.5, 0.6) is 5.75 Å². The van der Waals surface area contributed by atoms with E-state index in [0.717, 1.165) is 25.9 Å². The van der Waals surface area contributed by atoms with E-state index in [1.807, 2.05) is 12.1 Å². The Balaban J connectivity index is 1.84. The number of fused-ring (bicyclic) bond motifs is 1. The molecule has 0 radical (unpaired) electrons. The standard InChI is InChI=1S/C20H32N2O/c1-4-8-20(5-2)16(13-22(3)14-19(21)9-10-19)11-15-6-7-17(23)12-18(15)20/h6-7,12,16,23H,4-5,8-11,13-14,21H2,1-3H3. The number of hydrogen-bond donors (Lipinski definition) is 2. The lowest BCUT2D eigenvalue weighted by Crippen LogP contribution is -2.43. The molecule has 1 aromatic carbocycles. The van der Waals surface area contributed by atoms with Gasteiger partial charge in [-0.2, -0.15) is 0 Å². The minimum Gasteiger partial charge on any atom is -0.508 e. The smallest absolute Gasteiger partial charge is 0.115 e. The summed E-state index contributed by atoms with van der Waals surface area (Å²) in [5.74, 6) is 1.03. The molecule has 1 aromatic rings. The summed E-state index contributed by atoms with van der Waals surface area (Å²) in [6.07, 6.45) is 7.00. The Morgan fingerprint density at radius 1 is 1.30 bits per heavy atom. The van der Waals surface area contributed by atoms with E-state index in [2.05, 4.69) is 31.9 Å². The van der Waals surface area contributed by atoms with E-state index in [-0.39, 0.29) is 11.0 Å². The molecule has 0 aromatic heterocycles. The summed E-state index contributed by atoms with van der Waals surface area (Å²) in [7, 11) is 2.22. The molecule has 0 spiro atoms. The van der Waals surface area contributed by atoms with Gasteiger partial charge in [-0.25, -0.2) is 0 Å². The van der Waals surface area contributed by atoms with E-state index in [4.69, 9.17) is 5.73 Å². The summed E-state index contributed by atoms with van der Waals surface area (Å²) in [6, 6.07) is 6.01. The highest BCUT2D eigenvalue weighted by molar-refractivity contribution is 5.45. The van der Waals surface area contributed by atoms with Crippen molar-refractivity contribution in [3.63, 3.8) is 0 Å². The van der Waals surface area contributed by atoms with Gasteiger partial charge in [-0.3, -0.25) is 0 Å². The molecular weight excluding hydrogens is 284 g/mol. The van der Waals surface area contributed by atoms with Gasteiger partial charge < -0.3 is 15.7 Å². The van der Waals surface area contributed by atoms with Gasteiger partial charge in [-0.15, -0.1) is 0 Å². The molecule has 128 valence electrons. The van der Waals surface area contributed by atoms with Crippen molar-refractivity contribution in [2.75, 3.05) is 20.1 Å². The van der Waals surface area contributed by atoms with Crippen LogP contribution in [0.1, 0.15) is 57.1 Å². The van der Waals surface area contributed by atoms with Crippen LogP contribution in [-0.2, 0) is 11.8 Å². The summed E-state index contributed by atoms with van der Waals surface area (Å²) in [6.45, 7) is 6.70. The second-order valence-corrected chi connectivity index (χ2v) is 8.06. The summed E-state index contributed by atoms with van der Waals surface area (Å²) < 4.78 is 0. The molecule has 1 fully saturated rings. The molecule has 1 saturated carbocycles. The number of likely N-dealkylation sites (N-methyl/N-ethyl adjacent to an activating group) is 1. The number of hydrogen-bond acceptors (Lipinski definition) is 3. The Morgan fingerprint density at radius 3 is 2.65 bits per heavy atom. The Hall–Kier alpha value is -1.06. The minimum atomic E-state index is 0.0815. The molecule has 0 amide bonds. The van der Waals surface area contributed by atoms with Gasteiger partial charge in [0.15, 0.2) is 0 Å². The zero-order valence-corrected chi connectivity index (χ0v) is 14.9. The molecule has 0 saturated heterocycles. The molecule has 2 aliphatic carbocycles. The maximum absolute atomic E-state index is 9.99. The van der Waals surface area contributed by atoms with Crippen LogP contribution in [-0.4, -0.2) is 35.7 Å². The zero-order chi connectivity index (χ0) is 16.7. The highest BCUT2D eigenvalue weighted by Gasteiger charge is 2.46. The number of aromatic hydroxyl groups is 1. The first kappa shape index (κ1) is 16.8. The third-order valence-electron chi connectivity index (χ3n) is 6.21. The number of benzene rings is 1. The first-order valence-corrected chi connectivity index (χ1v) is 9.22. The Labute approximate surface area is 140 Å². The third-order valence-corrected chi connectivity index (χ3v) is 6.21. The highest BCUT2D eigenvalue weighted by Crippen LogP contribution is 2.50. The fraction of sp³-hybridized carbons (Fsp3) is 0.700. The van der Waals surface area contributed by atoms with E-state index in [9.17, 15) is 5.11 Å². The highest BCUT2D eigenvalue weighted by atomic mass is 16.3. The van der Waals surface area contributed by atoms with E-state index in [1.165, 1.54) is 36.8 Å². The molecule has 0 aliphatic heterocycles. The fourth-order valence-corrected chi connectivity index (χ4v) is 4.86. The molecule has 23 heavy (non-hydrogen) atoms. The largest absolute Gasteiger partial charge is 0.508 e. The summed E-state index contributed by atoms with van der Waals surface area (Å²) in [5, 5.41) is 9.99. The summed E-state index contributed by atoms with van der Waals surface area (Å²) in [5.41, 5.74) is 9.43. The van der Waals surface area contributed by atoms with E-state index in [1.54, 1.807) is 0 Å². The van der Waals surface area contributed by atoms with Crippen molar-refractivity contribution in [3.8, 4) is 5.75 Å². The van der Waals surface area contributed by atoms with E-state index in [0.29, 0.717) is 11.7 Å². The second-order valence-electron chi connectivity index (χ2n) is 8.06. The van der Waals surface area contributed by atoms with Crippen LogP contribution in [0, 0.1) is 5.92 Å². The van der Waals surface area contributed by atoms with Crippen molar-refractivity contribution >= 4 is 0 Å². The molecule has 0 heterocycles. The van der Waals surface area contributed by atoms with Gasteiger partial charge in [0.25, 0.3) is 0 Å². The molecule has 0 bridgehead atoms. The van der Waals surface area contributed by atoms with E-state index < -0.39 is 0 Å². The number of rotatable bonds is 7. The van der Waals surface area contributed by atoms with Gasteiger partial charge in [0.05, 0.1) is 0 Å². The van der Waals surface area contributed by atoms with Gasteiger partial charge >= 0.3 is 0 Å². The maximum atomic E-state index is 9.99. The monoisotopic (exact) mass is 316 g/mol. The molecule has 2 unspecified atom stereocenters. The SMILES string of the molecule is CCCC1(CC)c2cc(O)ccc2CC1CN(C)CC1(N)CC1. The number of nitrogens with two attached hydrogens (primary N) is 1. The molecule has 3 heteroatoms. The van der Waals surface area contributed by atoms with Crippen LogP contribution in [0.2, 0.25) is 0 Å². The second kappa shape index (κ2) is 6.10. The number of nitrogens with zero attached hydrogens (tertiary/aromatic N) is 1. The lowest BCUT2D eigenvalue weighted by atomic mass is 9.69. The van der Waals surface area contributed by atoms with Crippen molar-refractivity contribution < 1.29 is 5.11 Å². The quantitative estimate of drug-likeness (QED) is 0.810. The summed E-state index contributed by atoms with van der Waals surface area (Å²) >= 11 is 0. The van der Waals surface area contributed by atoms with Crippen LogP contribution in [0.15, 0.2) is 18.2 Å². The maximum Gasteiger partial charge on any atom is 0.115 e. The zero-order valence-electron chi connectivity index (χ0n) is 14.9. The van der Waals surface area contributed by atoms with Crippen LogP contribution >= 0.6 is 0 Å². The van der Waals surface area contributed by atoms with Crippen molar-refractivity contribution in [2.24, 2.45) is 11.7 Å². The minimum absolute atomic E-state index is 0.0815. The molecule has 3 nitrogen and oxygen atoms in total. The average Bonchev–Trinajstić information content (AvgIpc) is 3.15. The molecule has 2 atom stereocenters. The predicted molar refractivity (Wildman–Crippen MR) is 95.8 cm³/mol. The Bertz CT molecular complexity index is 567. The van der Waals surface area contributed by atoms with Crippen molar-refractivity contribution in [3.05, 3.63) is 29.3 Å². The van der Waals surface area contributed by atoms with Crippen molar-refractivity contribution in [1.29, 1.82) is 0 Å². The van der Waals surface area contributed by atoms with Gasteiger partial charge in [-0.05, 0) is 73.7 Å². The fourth-order valence-electron chi connectivity index (χ4n) is 4.86. The van der Waals surface area contributed by atoms with Gasteiger partial charge in [0.1, 0.15) is 5.75 Å². The van der Waals surface area contributed by atoms with Crippen molar-refractivity contribution in [2.45, 2.75) is 63.3 Å². The number of phenolic OH excluding ortho intramolecular Hbond substituents is 1.